The van der Waals surface area contributed by atoms with Gasteiger partial charge in [-0.25, -0.2) is 4.18 Å². The van der Waals surface area contributed by atoms with Crippen LogP contribution in [0.5, 0.6) is 0 Å². The predicted octanol–water partition coefficient (Wildman–Crippen LogP) is 5.01. The summed E-state index contributed by atoms with van der Waals surface area (Å²) in [7, 11) is -5.10. The Morgan fingerprint density at radius 3 is 1.76 bits per heavy atom. The first-order valence-corrected chi connectivity index (χ1v) is 21.0. The van der Waals surface area contributed by atoms with Crippen LogP contribution in [0.25, 0.3) is 0 Å². The van der Waals surface area contributed by atoms with Crippen LogP contribution in [0, 0.1) is 0 Å². The Balaban J connectivity index is 2.51. The molecule has 1 saturated heterocycles. The van der Waals surface area contributed by atoms with Crippen LogP contribution in [0.2, 0.25) is 0 Å². The van der Waals surface area contributed by atoms with Gasteiger partial charge >= 0.3 is 10.4 Å². The van der Waals surface area contributed by atoms with Crippen LogP contribution in [0.3, 0.4) is 0 Å². The average molecular weight is 754 g/mol. The van der Waals surface area contributed by atoms with E-state index in [0.29, 0.717) is 19.3 Å². The van der Waals surface area contributed by atoms with Crippen LogP contribution in [0.4, 0.5) is 0 Å². The molecule has 13 nitrogen and oxygen atoms in total. The average Bonchev–Trinajstić information content (AvgIpc) is 3.09. The van der Waals surface area contributed by atoms with Gasteiger partial charge in [0.1, 0.15) is 30.5 Å². The van der Waals surface area contributed by atoms with Crippen LogP contribution in [0.15, 0.2) is 12.2 Å². The predicted molar refractivity (Wildman–Crippen MR) is 196 cm³/mol. The highest BCUT2D eigenvalue weighted by Gasteiger charge is 2.48. The third-order valence-electron chi connectivity index (χ3n) is 9.43. The fraction of sp³-hybridized carbons (Fsp3) is 0.919. The third kappa shape index (κ3) is 22.6. The number of ether oxygens (including phenoxy) is 2. The molecule has 1 amide bonds. The van der Waals surface area contributed by atoms with Gasteiger partial charge in [0.25, 0.3) is 0 Å². The molecular formula is C37H71NO12S. The van der Waals surface area contributed by atoms with Gasteiger partial charge < -0.3 is 40.3 Å². The van der Waals surface area contributed by atoms with Gasteiger partial charge in [0.2, 0.25) is 5.91 Å². The maximum Gasteiger partial charge on any atom is 0.397 e. The van der Waals surface area contributed by atoms with E-state index in [9.17, 15) is 38.7 Å². The summed E-state index contributed by atoms with van der Waals surface area (Å²) in [5.41, 5.74) is 0. The molecule has 0 saturated carbocycles. The van der Waals surface area contributed by atoms with E-state index in [2.05, 4.69) is 35.5 Å². The van der Waals surface area contributed by atoms with Gasteiger partial charge in [-0.15, -0.1) is 0 Å². The zero-order chi connectivity index (χ0) is 37.9. The SMILES string of the molecule is CCCCCCCCCCC/C=C\CCCCCCC(O)C(=O)NC(COC1OC(CO)C(O)C(OS(=O)(=O)O)C1O)C(O)CCCCCCC. The first-order chi connectivity index (χ1) is 24.4. The second-order valence-corrected chi connectivity index (χ2v) is 15.1. The van der Waals surface area contributed by atoms with Crippen LogP contribution in [0.1, 0.15) is 155 Å². The highest BCUT2D eigenvalue weighted by molar-refractivity contribution is 7.80. The summed E-state index contributed by atoms with van der Waals surface area (Å²) in [6.45, 7) is 3.13. The van der Waals surface area contributed by atoms with Crippen molar-refractivity contribution in [1.29, 1.82) is 0 Å². The molecular weight excluding hydrogens is 682 g/mol. The molecule has 14 heteroatoms. The molecule has 0 aromatic heterocycles. The normalized spacial score (nSPS) is 23.0. The fourth-order valence-corrected chi connectivity index (χ4v) is 6.73. The topological polar surface area (TPSA) is 212 Å². The fourth-order valence-electron chi connectivity index (χ4n) is 6.22. The monoisotopic (exact) mass is 753 g/mol. The van der Waals surface area contributed by atoms with Crippen molar-refractivity contribution in [3.63, 3.8) is 0 Å². The molecule has 0 bridgehead atoms. The van der Waals surface area contributed by atoms with Crippen LogP contribution in [-0.2, 0) is 28.9 Å². The molecule has 302 valence electrons. The minimum atomic E-state index is -5.10. The van der Waals surface area contributed by atoms with Crippen molar-refractivity contribution in [1.82, 2.24) is 5.32 Å². The van der Waals surface area contributed by atoms with Crippen LogP contribution >= 0.6 is 0 Å². The number of aliphatic hydroxyl groups is 5. The molecule has 0 radical (unpaired) electrons. The van der Waals surface area contributed by atoms with E-state index in [1.807, 2.05) is 0 Å². The van der Waals surface area contributed by atoms with Crippen LogP contribution in [-0.4, -0.2) is 107 Å². The summed E-state index contributed by atoms with van der Waals surface area (Å²) in [6, 6.07) is -1.03. The molecule has 8 unspecified atom stereocenters. The number of nitrogens with one attached hydrogen (secondary N) is 1. The third-order valence-corrected chi connectivity index (χ3v) is 9.90. The van der Waals surface area contributed by atoms with Crippen molar-refractivity contribution in [2.45, 2.75) is 204 Å². The first-order valence-electron chi connectivity index (χ1n) is 19.7. The molecule has 0 aromatic carbocycles. The summed E-state index contributed by atoms with van der Waals surface area (Å²) >= 11 is 0. The van der Waals surface area contributed by atoms with Crippen LogP contribution < -0.4 is 5.32 Å². The van der Waals surface area contributed by atoms with E-state index >= 15 is 0 Å². The van der Waals surface area contributed by atoms with Gasteiger partial charge in [0.15, 0.2) is 6.29 Å². The molecule has 0 aromatic rings. The first kappa shape index (κ1) is 47.8. The van der Waals surface area contributed by atoms with E-state index in [1.54, 1.807) is 0 Å². The molecule has 0 spiro atoms. The number of hydrogen-bond acceptors (Lipinski definition) is 11. The largest absolute Gasteiger partial charge is 0.397 e. The minimum absolute atomic E-state index is 0.246. The summed E-state index contributed by atoms with van der Waals surface area (Å²) < 4.78 is 47.1. The lowest BCUT2D eigenvalue weighted by molar-refractivity contribution is -0.298. The van der Waals surface area contributed by atoms with Crippen molar-refractivity contribution < 1.29 is 57.0 Å². The Kier molecular flexibility index (Phi) is 27.4. The second-order valence-electron chi connectivity index (χ2n) is 14.0. The Hall–Kier alpha value is -1.20. The van der Waals surface area contributed by atoms with Gasteiger partial charge in [-0.2, -0.15) is 8.42 Å². The van der Waals surface area contributed by atoms with Crippen molar-refractivity contribution in [2.24, 2.45) is 0 Å². The van der Waals surface area contributed by atoms with E-state index in [0.717, 1.165) is 57.8 Å². The zero-order valence-electron chi connectivity index (χ0n) is 31.3. The zero-order valence-corrected chi connectivity index (χ0v) is 32.1. The highest BCUT2D eigenvalue weighted by Crippen LogP contribution is 2.26. The van der Waals surface area contributed by atoms with E-state index < -0.39 is 78.5 Å². The summed E-state index contributed by atoms with van der Waals surface area (Å²) in [6.07, 6.45) is 16.3. The minimum Gasteiger partial charge on any atom is -0.394 e. The smallest absolute Gasteiger partial charge is 0.394 e. The van der Waals surface area contributed by atoms with Gasteiger partial charge in [0, 0.05) is 0 Å². The Labute approximate surface area is 307 Å². The molecule has 0 aliphatic carbocycles. The summed E-state index contributed by atoms with van der Waals surface area (Å²) in [5, 5.41) is 54.7. The number of rotatable bonds is 32. The van der Waals surface area contributed by atoms with Gasteiger partial charge in [-0.05, 0) is 38.5 Å². The number of carbonyl (C=O) groups is 1. The number of allylic oxidation sites excluding steroid dienone is 2. The molecule has 1 aliphatic rings. The second kappa shape index (κ2) is 29.2. The van der Waals surface area contributed by atoms with Crippen molar-refractivity contribution in [3.05, 3.63) is 12.2 Å². The van der Waals surface area contributed by atoms with Crippen molar-refractivity contribution >= 4 is 16.3 Å². The molecule has 1 heterocycles. The van der Waals surface area contributed by atoms with Crippen molar-refractivity contribution in [3.8, 4) is 0 Å². The van der Waals surface area contributed by atoms with Crippen molar-refractivity contribution in [2.75, 3.05) is 13.2 Å². The van der Waals surface area contributed by atoms with Gasteiger partial charge in [0.05, 0.1) is 25.4 Å². The highest BCUT2D eigenvalue weighted by atomic mass is 32.3. The standard InChI is InChI=1S/C37H71NO12S/c1-3-5-7-9-10-11-12-13-14-15-16-17-18-19-20-22-24-26-31(41)36(44)38-29(30(40)25-23-21-8-6-4-2)28-48-37-34(43)35(50-51(45,46)47)33(42)32(27-39)49-37/h16-17,29-35,37,39-43H,3-15,18-28H2,1-2H3,(H,38,44)(H,45,46,47)/b17-16-. The maximum absolute atomic E-state index is 12.9. The Morgan fingerprint density at radius 1 is 0.765 bits per heavy atom. The lowest BCUT2D eigenvalue weighted by atomic mass is 9.99. The Bertz CT molecular complexity index is 1000. The molecule has 1 fully saturated rings. The molecule has 8 atom stereocenters. The summed E-state index contributed by atoms with van der Waals surface area (Å²) in [5.74, 6) is -0.686. The molecule has 7 N–H and O–H groups in total. The number of hydrogen-bond donors (Lipinski definition) is 7. The summed E-state index contributed by atoms with van der Waals surface area (Å²) in [4.78, 5) is 12.9. The quantitative estimate of drug-likeness (QED) is 0.0274. The number of unbranched alkanes of at least 4 members (excludes halogenated alkanes) is 17. The van der Waals surface area contributed by atoms with Gasteiger partial charge in [-0.1, -0.05) is 129 Å². The van der Waals surface area contributed by atoms with E-state index in [-0.39, 0.29) is 6.42 Å². The molecule has 1 aliphatic heterocycles. The lowest BCUT2D eigenvalue weighted by Gasteiger charge is -2.41. The lowest BCUT2D eigenvalue weighted by Crippen LogP contribution is -2.61. The number of aliphatic hydroxyl groups excluding tert-OH is 5. The number of carbonyl (C=O) groups excluding carboxylic acids is 1. The number of amides is 1. The maximum atomic E-state index is 12.9. The van der Waals surface area contributed by atoms with Gasteiger partial charge in [-0.3, -0.25) is 9.35 Å². The van der Waals surface area contributed by atoms with E-state index in [1.165, 1.54) is 57.8 Å². The Morgan fingerprint density at radius 2 is 1.25 bits per heavy atom. The molecule has 1 rings (SSSR count). The van der Waals surface area contributed by atoms with E-state index in [4.69, 9.17) is 14.0 Å². The molecule has 51 heavy (non-hydrogen) atoms.